The molecule has 5 atom stereocenters. The maximum absolute atomic E-state index is 13.6. The van der Waals surface area contributed by atoms with Crippen molar-refractivity contribution in [1.29, 1.82) is 0 Å². The fourth-order valence-corrected chi connectivity index (χ4v) is 4.96. The topological polar surface area (TPSA) is 97.0 Å². The number of hydrogen-bond donors (Lipinski definition) is 2. The summed E-state index contributed by atoms with van der Waals surface area (Å²) in [6.45, 7) is 7.40. The van der Waals surface area contributed by atoms with Crippen LogP contribution in [0, 0.1) is 5.92 Å². The summed E-state index contributed by atoms with van der Waals surface area (Å²) in [5.74, 6) is -0.624. The number of carbonyl (C=O) groups is 3. The smallest absolute Gasteiger partial charge is 0.328 e. The van der Waals surface area contributed by atoms with Gasteiger partial charge in [0.25, 0.3) is 0 Å². The molecule has 1 aromatic carbocycles. The van der Waals surface area contributed by atoms with E-state index in [-0.39, 0.29) is 43.0 Å². The van der Waals surface area contributed by atoms with Gasteiger partial charge in [-0.1, -0.05) is 30.3 Å². The van der Waals surface area contributed by atoms with Gasteiger partial charge >= 0.3 is 11.9 Å². The van der Waals surface area contributed by atoms with Crippen molar-refractivity contribution in [2.24, 2.45) is 5.92 Å². The fraction of sp³-hybridized carbons (Fsp3) is 0.640. The number of ether oxygens (including phenoxy) is 2. The summed E-state index contributed by atoms with van der Waals surface area (Å²) in [6.07, 6.45) is 2.74. The van der Waals surface area contributed by atoms with E-state index in [1.165, 1.54) is 0 Å². The number of nitrogens with zero attached hydrogens (tertiary/aromatic N) is 1. The van der Waals surface area contributed by atoms with Crippen molar-refractivity contribution in [3.05, 3.63) is 35.9 Å². The van der Waals surface area contributed by atoms with Crippen molar-refractivity contribution in [1.82, 2.24) is 15.5 Å². The first kappa shape index (κ1) is 25.2. The summed E-state index contributed by atoms with van der Waals surface area (Å²) in [5, 5.41) is 6.54. The van der Waals surface area contributed by atoms with E-state index >= 15 is 0 Å². The van der Waals surface area contributed by atoms with Crippen molar-refractivity contribution in [3.63, 3.8) is 0 Å². The molecule has 1 amide bonds. The number of piperidine rings is 1. The zero-order valence-corrected chi connectivity index (χ0v) is 19.9. The zero-order valence-electron chi connectivity index (χ0n) is 19.9. The van der Waals surface area contributed by atoms with Gasteiger partial charge in [0.05, 0.1) is 19.3 Å². The number of likely N-dealkylation sites (tertiary alicyclic amines) is 1. The van der Waals surface area contributed by atoms with Crippen LogP contribution in [-0.2, 0) is 30.3 Å². The lowest BCUT2D eigenvalue weighted by molar-refractivity contribution is -0.155. The molecule has 0 aromatic heterocycles. The van der Waals surface area contributed by atoms with Crippen LogP contribution in [0.3, 0.4) is 0 Å². The van der Waals surface area contributed by atoms with Crippen molar-refractivity contribution in [2.45, 2.75) is 70.6 Å². The molecule has 2 aliphatic heterocycles. The number of esters is 2. The van der Waals surface area contributed by atoms with Crippen LogP contribution >= 0.6 is 0 Å². The Hall–Kier alpha value is -2.45. The molecule has 8 heteroatoms. The summed E-state index contributed by atoms with van der Waals surface area (Å²) in [5.41, 5.74) is 1.12. The summed E-state index contributed by atoms with van der Waals surface area (Å²) in [4.78, 5) is 40.6. The standard InChI is InChI=1S/C25H37N3O5/c1-4-32-24(30)20(12-11-18-9-7-6-8-10-18)27-17(3)23(29)28-21(25(31)33-5-2)15-19-13-14-26-16-22(19)28/h6-10,17,19-22,26-27H,4-5,11-16H2,1-3H3/t17-,19-,20+,21+,22-/m1/s1. The molecule has 2 fully saturated rings. The predicted octanol–water partition coefficient (Wildman–Crippen LogP) is 1.67. The Bertz CT molecular complexity index is 802. The van der Waals surface area contributed by atoms with Gasteiger partial charge in [0.15, 0.2) is 0 Å². The third-order valence-corrected chi connectivity index (χ3v) is 6.58. The molecule has 0 aliphatic carbocycles. The zero-order chi connectivity index (χ0) is 23.8. The van der Waals surface area contributed by atoms with Gasteiger partial charge in [-0.25, -0.2) is 4.79 Å². The van der Waals surface area contributed by atoms with Gasteiger partial charge in [-0.05, 0) is 64.5 Å². The molecule has 0 radical (unpaired) electrons. The summed E-state index contributed by atoms with van der Waals surface area (Å²) in [6, 6.07) is 8.02. The molecule has 2 saturated heterocycles. The first-order valence-corrected chi connectivity index (χ1v) is 12.1. The van der Waals surface area contributed by atoms with Crippen LogP contribution in [0.1, 0.15) is 45.6 Å². The Morgan fingerprint density at radius 3 is 2.58 bits per heavy atom. The number of benzene rings is 1. The summed E-state index contributed by atoms with van der Waals surface area (Å²) in [7, 11) is 0. The molecule has 2 heterocycles. The van der Waals surface area contributed by atoms with Crippen LogP contribution in [0.25, 0.3) is 0 Å². The van der Waals surface area contributed by atoms with Gasteiger partial charge in [0.1, 0.15) is 12.1 Å². The molecule has 0 bridgehead atoms. The molecule has 2 aliphatic rings. The fourth-order valence-electron chi connectivity index (χ4n) is 4.96. The molecule has 1 aromatic rings. The highest BCUT2D eigenvalue weighted by atomic mass is 16.5. The van der Waals surface area contributed by atoms with Crippen LogP contribution in [0.4, 0.5) is 0 Å². The van der Waals surface area contributed by atoms with Crippen LogP contribution in [0.5, 0.6) is 0 Å². The van der Waals surface area contributed by atoms with Gasteiger partial charge in [-0.15, -0.1) is 0 Å². The number of hydrogen-bond acceptors (Lipinski definition) is 7. The molecular formula is C25H37N3O5. The minimum absolute atomic E-state index is 0.0460. The number of fused-ring (bicyclic) bond motifs is 1. The Morgan fingerprint density at radius 1 is 1.15 bits per heavy atom. The second kappa shape index (κ2) is 12.1. The SMILES string of the molecule is CCOC(=O)[C@H](CCc1ccccc1)N[C@H](C)C(=O)N1[C@@H]2CNCC[C@@H]2C[C@H]1C(=O)OCC. The van der Waals surface area contributed by atoms with Gasteiger partial charge in [0.2, 0.25) is 5.91 Å². The van der Waals surface area contributed by atoms with E-state index in [0.29, 0.717) is 25.8 Å². The summed E-state index contributed by atoms with van der Waals surface area (Å²) < 4.78 is 10.5. The normalized spacial score (nSPS) is 24.0. The molecule has 8 nitrogen and oxygen atoms in total. The number of rotatable bonds is 10. The highest BCUT2D eigenvalue weighted by Crippen LogP contribution is 2.35. The first-order valence-electron chi connectivity index (χ1n) is 12.1. The highest BCUT2D eigenvalue weighted by molar-refractivity contribution is 5.89. The molecule has 182 valence electrons. The Kier molecular flexibility index (Phi) is 9.26. The maximum Gasteiger partial charge on any atom is 0.328 e. The van der Waals surface area contributed by atoms with Gasteiger partial charge in [-0.2, -0.15) is 0 Å². The lowest BCUT2D eigenvalue weighted by Crippen LogP contribution is -2.58. The lowest BCUT2D eigenvalue weighted by atomic mass is 9.92. The van der Waals surface area contributed by atoms with E-state index in [4.69, 9.17) is 9.47 Å². The average Bonchev–Trinajstić information content (AvgIpc) is 3.21. The molecule has 3 rings (SSSR count). The van der Waals surface area contributed by atoms with Crippen LogP contribution in [-0.4, -0.2) is 73.2 Å². The van der Waals surface area contributed by atoms with Crippen molar-refractivity contribution < 1.29 is 23.9 Å². The van der Waals surface area contributed by atoms with Crippen molar-refractivity contribution in [2.75, 3.05) is 26.3 Å². The molecule has 2 N–H and O–H groups in total. The Balaban J connectivity index is 1.72. The minimum atomic E-state index is -0.646. The van der Waals surface area contributed by atoms with E-state index in [1.807, 2.05) is 30.3 Å². The van der Waals surface area contributed by atoms with Gasteiger partial charge in [0, 0.05) is 12.6 Å². The van der Waals surface area contributed by atoms with Crippen LogP contribution in [0.15, 0.2) is 30.3 Å². The van der Waals surface area contributed by atoms with E-state index in [1.54, 1.807) is 25.7 Å². The highest BCUT2D eigenvalue weighted by Gasteiger charge is 2.49. The second-order valence-corrected chi connectivity index (χ2v) is 8.79. The number of carbonyl (C=O) groups excluding carboxylic acids is 3. The number of nitrogens with one attached hydrogen (secondary N) is 2. The first-order chi connectivity index (χ1) is 16.0. The lowest BCUT2D eigenvalue weighted by Gasteiger charge is -2.36. The molecule has 0 spiro atoms. The van der Waals surface area contributed by atoms with Crippen LogP contribution < -0.4 is 10.6 Å². The van der Waals surface area contributed by atoms with Crippen molar-refractivity contribution >= 4 is 17.8 Å². The largest absolute Gasteiger partial charge is 0.465 e. The van der Waals surface area contributed by atoms with Crippen LogP contribution in [0.2, 0.25) is 0 Å². The minimum Gasteiger partial charge on any atom is -0.465 e. The van der Waals surface area contributed by atoms with Crippen molar-refractivity contribution in [3.8, 4) is 0 Å². The molecule has 0 saturated carbocycles. The quantitative estimate of drug-likeness (QED) is 0.514. The number of amides is 1. The van der Waals surface area contributed by atoms with E-state index in [2.05, 4.69) is 10.6 Å². The maximum atomic E-state index is 13.6. The molecule has 0 unspecified atom stereocenters. The summed E-state index contributed by atoms with van der Waals surface area (Å²) >= 11 is 0. The second-order valence-electron chi connectivity index (χ2n) is 8.79. The van der Waals surface area contributed by atoms with Gasteiger partial charge in [-0.3, -0.25) is 14.9 Å². The average molecular weight is 460 g/mol. The predicted molar refractivity (Wildman–Crippen MR) is 124 cm³/mol. The monoisotopic (exact) mass is 459 g/mol. The Morgan fingerprint density at radius 2 is 1.88 bits per heavy atom. The van der Waals surface area contributed by atoms with E-state index in [9.17, 15) is 14.4 Å². The number of aryl methyl sites for hydroxylation is 1. The van der Waals surface area contributed by atoms with E-state index < -0.39 is 18.1 Å². The van der Waals surface area contributed by atoms with Gasteiger partial charge < -0.3 is 19.7 Å². The van der Waals surface area contributed by atoms with E-state index in [0.717, 1.165) is 18.5 Å². The third-order valence-electron chi connectivity index (χ3n) is 6.58. The third kappa shape index (κ3) is 6.32. The molecular weight excluding hydrogens is 422 g/mol. The Labute approximate surface area is 196 Å². The molecule has 33 heavy (non-hydrogen) atoms.